The number of hydrogen-bond acceptors (Lipinski definition) is 4. The molecule has 1 aromatic heterocycles. The van der Waals surface area contributed by atoms with E-state index < -0.39 is 0 Å². The molecule has 2 heterocycles. The number of carbonyl (C=O) groups excluding carboxylic acids is 1. The minimum atomic E-state index is -0.0104. The maximum absolute atomic E-state index is 12.4. The van der Waals surface area contributed by atoms with Crippen molar-refractivity contribution in [1.82, 2.24) is 14.9 Å². The fraction of sp³-hybridized carbons (Fsp3) is 0.333. The molecule has 0 radical (unpaired) electrons. The molecule has 1 saturated heterocycles. The van der Waals surface area contributed by atoms with Crippen LogP contribution in [0.15, 0.2) is 53.8 Å². The number of nitrogens with one attached hydrogen (secondary N) is 1. The third-order valence-corrected chi connectivity index (χ3v) is 6.51. The maximum Gasteiger partial charge on any atom is 0.230 e. The molecule has 1 atom stereocenters. The Morgan fingerprint density at radius 3 is 2.77 bits per heavy atom. The fourth-order valence-corrected chi connectivity index (χ4v) is 4.63. The van der Waals surface area contributed by atoms with Crippen LogP contribution in [-0.2, 0) is 9.53 Å². The molecule has 0 saturated carbocycles. The van der Waals surface area contributed by atoms with Crippen molar-refractivity contribution >= 4 is 29.3 Å². The zero-order valence-corrected chi connectivity index (χ0v) is 19.3. The topological polar surface area (TPSA) is 56.2 Å². The van der Waals surface area contributed by atoms with Crippen molar-refractivity contribution in [3.63, 3.8) is 0 Å². The van der Waals surface area contributed by atoms with Crippen molar-refractivity contribution < 1.29 is 9.53 Å². The second-order valence-electron chi connectivity index (χ2n) is 7.80. The van der Waals surface area contributed by atoms with Crippen LogP contribution in [0.2, 0.25) is 5.02 Å². The van der Waals surface area contributed by atoms with E-state index in [0.717, 1.165) is 47.1 Å². The summed E-state index contributed by atoms with van der Waals surface area (Å²) in [6.45, 7) is 5.53. The highest BCUT2D eigenvalue weighted by Crippen LogP contribution is 2.29. The van der Waals surface area contributed by atoms with Crippen LogP contribution in [0.5, 0.6) is 0 Å². The summed E-state index contributed by atoms with van der Waals surface area (Å²) in [7, 11) is 0. The lowest BCUT2D eigenvalue weighted by Crippen LogP contribution is -2.32. The predicted molar refractivity (Wildman–Crippen MR) is 126 cm³/mol. The number of aromatic nitrogens is 2. The van der Waals surface area contributed by atoms with E-state index >= 15 is 0 Å². The van der Waals surface area contributed by atoms with E-state index in [0.29, 0.717) is 17.3 Å². The Morgan fingerprint density at radius 2 is 2.06 bits per heavy atom. The van der Waals surface area contributed by atoms with Gasteiger partial charge in [-0.3, -0.25) is 9.36 Å². The molecule has 0 bridgehead atoms. The number of imidazole rings is 1. The first kappa shape index (κ1) is 21.9. The number of amides is 1. The maximum atomic E-state index is 12.4. The zero-order chi connectivity index (χ0) is 21.8. The van der Waals surface area contributed by atoms with Gasteiger partial charge in [0.05, 0.1) is 23.2 Å². The standard InChI is InChI=1S/C24H26ClN3O2S/c1-16-5-10-22(17(2)12-16)28-14-21(18-6-8-19(25)9-7-18)27-24(28)31-15-23(29)26-13-20-4-3-11-30-20/h5-10,12,14,20H,3-4,11,13,15H2,1-2H3,(H,26,29). The Bertz CT molecular complexity index is 1060. The summed E-state index contributed by atoms with van der Waals surface area (Å²) in [6.07, 6.45) is 4.24. The van der Waals surface area contributed by atoms with Crippen molar-refractivity contribution in [3.8, 4) is 16.9 Å². The van der Waals surface area contributed by atoms with Crippen molar-refractivity contribution in [2.24, 2.45) is 0 Å². The Balaban J connectivity index is 1.55. The van der Waals surface area contributed by atoms with Gasteiger partial charge in [-0.15, -0.1) is 0 Å². The minimum absolute atomic E-state index is 0.0104. The van der Waals surface area contributed by atoms with E-state index in [9.17, 15) is 4.79 Å². The Labute approximate surface area is 192 Å². The molecule has 5 nitrogen and oxygen atoms in total. The molecular formula is C24H26ClN3O2S. The van der Waals surface area contributed by atoms with Gasteiger partial charge in [0.1, 0.15) is 0 Å². The summed E-state index contributed by atoms with van der Waals surface area (Å²) in [4.78, 5) is 17.2. The van der Waals surface area contributed by atoms with Gasteiger partial charge in [0, 0.05) is 29.9 Å². The Morgan fingerprint density at radius 1 is 1.26 bits per heavy atom. The number of aryl methyl sites for hydroxylation is 2. The van der Waals surface area contributed by atoms with Crippen LogP contribution in [0.4, 0.5) is 0 Å². The average Bonchev–Trinajstić information content (AvgIpc) is 3.41. The second kappa shape index (κ2) is 9.90. The third kappa shape index (κ3) is 5.50. The van der Waals surface area contributed by atoms with E-state index in [4.69, 9.17) is 21.3 Å². The number of halogens is 1. The molecule has 1 aliphatic rings. The lowest BCUT2D eigenvalue weighted by molar-refractivity contribution is -0.119. The molecule has 31 heavy (non-hydrogen) atoms. The van der Waals surface area contributed by atoms with Gasteiger partial charge < -0.3 is 10.1 Å². The van der Waals surface area contributed by atoms with Gasteiger partial charge in [-0.25, -0.2) is 4.98 Å². The highest BCUT2D eigenvalue weighted by molar-refractivity contribution is 7.99. The first-order valence-electron chi connectivity index (χ1n) is 10.4. The molecule has 7 heteroatoms. The number of ether oxygens (including phenoxy) is 1. The van der Waals surface area contributed by atoms with E-state index in [-0.39, 0.29) is 12.0 Å². The van der Waals surface area contributed by atoms with Crippen molar-refractivity contribution in [2.75, 3.05) is 18.9 Å². The third-order valence-electron chi connectivity index (χ3n) is 5.31. The number of rotatable bonds is 7. The molecule has 3 aromatic rings. The Hall–Kier alpha value is -2.28. The lowest BCUT2D eigenvalue weighted by Gasteiger charge is -2.12. The van der Waals surface area contributed by atoms with Crippen molar-refractivity contribution in [2.45, 2.75) is 37.9 Å². The van der Waals surface area contributed by atoms with Gasteiger partial charge in [-0.2, -0.15) is 0 Å². The molecule has 162 valence electrons. The molecule has 1 aliphatic heterocycles. The van der Waals surface area contributed by atoms with Gasteiger partial charge >= 0.3 is 0 Å². The van der Waals surface area contributed by atoms with Crippen LogP contribution in [0.1, 0.15) is 24.0 Å². The van der Waals surface area contributed by atoms with Gasteiger partial charge in [0.2, 0.25) is 5.91 Å². The number of thioether (sulfide) groups is 1. The molecule has 2 aromatic carbocycles. The quantitative estimate of drug-likeness (QED) is 0.497. The van der Waals surface area contributed by atoms with Crippen molar-refractivity contribution in [1.29, 1.82) is 0 Å². The second-order valence-corrected chi connectivity index (χ2v) is 9.18. The molecule has 1 N–H and O–H groups in total. The van der Waals surface area contributed by atoms with Gasteiger partial charge in [0.15, 0.2) is 5.16 Å². The van der Waals surface area contributed by atoms with Crippen molar-refractivity contribution in [3.05, 3.63) is 64.8 Å². The number of hydrogen-bond donors (Lipinski definition) is 1. The monoisotopic (exact) mass is 455 g/mol. The summed E-state index contributed by atoms with van der Waals surface area (Å²) in [6, 6.07) is 14.0. The normalized spacial score (nSPS) is 15.9. The smallest absolute Gasteiger partial charge is 0.230 e. The minimum Gasteiger partial charge on any atom is -0.376 e. The first-order chi connectivity index (χ1) is 15.0. The molecule has 1 unspecified atom stereocenters. The summed E-state index contributed by atoms with van der Waals surface area (Å²) in [5.74, 6) is 0.290. The van der Waals surface area contributed by atoms with Crippen LogP contribution < -0.4 is 5.32 Å². The van der Waals surface area contributed by atoms with Gasteiger partial charge in [0.25, 0.3) is 0 Å². The van der Waals surface area contributed by atoms with E-state index in [1.807, 2.05) is 30.5 Å². The predicted octanol–water partition coefficient (Wildman–Crippen LogP) is 5.20. The van der Waals surface area contributed by atoms with Crippen LogP contribution in [0.3, 0.4) is 0 Å². The molecular weight excluding hydrogens is 430 g/mol. The number of nitrogens with zero attached hydrogens (tertiary/aromatic N) is 2. The van der Waals surface area contributed by atoms with Crippen LogP contribution in [0.25, 0.3) is 16.9 Å². The fourth-order valence-electron chi connectivity index (χ4n) is 3.69. The van der Waals surface area contributed by atoms with E-state index in [2.05, 4.69) is 41.9 Å². The number of benzene rings is 2. The highest BCUT2D eigenvalue weighted by Gasteiger charge is 2.18. The Kier molecular flexibility index (Phi) is 7.00. The summed E-state index contributed by atoms with van der Waals surface area (Å²) in [5.41, 5.74) is 5.25. The van der Waals surface area contributed by atoms with E-state index in [1.54, 1.807) is 0 Å². The molecule has 1 fully saturated rings. The molecule has 1 amide bonds. The SMILES string of the molecule is Cc1ccc(-n2cc(-c3ccc(Cl)cc3)nc2SCC(=O)NCC2CCCO2)c(C)c1. The number of carbonyl (C=O) groups is 1. The summed E-state index contributed by atoms with van der Waals surface area (Å²) in [5, 5.41) is 4.45. The largest absolute Gasteiger partial charge is 0.376 e. The van der Waals surface area contributed by atoms with Crippen LogP contribution in [-0.4, -0.2) is 40.5 Å². The van der Waals surface area contributed by atoms with Crippen LogP contribution >= 0.6 is 23.4 Å². The van der Waals surface area contributed by atoms with Gasteiger partial charge in [-0.1, -0.05) is 53.2 Å². The average molecular weight is 456 g/mol. The zero-order valence-electron chi connectivity index (χ0n) is 17.7. The van der Waals surface area contributed by atoms with Gasteiger partial charge in [-0.05, 0) is 50.5 Å². The first-order valence-corrected chi connectivity index (χ1v) is 11.8. The summed E-state index contributed by atoms with van der Waals surface area (Å²) < 4.78 is 7.65. The summed E-state index contributed by atoms with van der Waals surface area (Å²) >= 11 is 7.48. The molecule has 4 rings (SSSR count). The molecule has 0 spiro atoms. The highest BCUT2D eigenvalue weighted by atomic mass is 35.5. The lowest BCUT2D eigenvalue weighted by atomic mass is 10.1. The van der Waals surface area contributed by atoms with Crippen LogP contribution in [0, 0.1) is 13.8 Å². The molecule has 0 aliphatic carbocycles. The van der Waals surface area contributed by atoms with E-state index in [1.165, 1.54) is 17.3 Å².